The minimum absolute atomic E-state index is 0.465. The van der Waals surface area contributed by atoms with E-state index in [0.717, 1.165) is 71.0 Å². The molecule has 2 aromatic carbocycles. The maximum atomic E-state index is 11.2. The number of ether oxygens (including phenoxy) is 3. The number of aliphatic hydroxyl groups is 1. The minimum atomic E-state index is -0.633. The zero-order valence-corrected chi connectivity index (χ0v) is 18.7. The minimum Gasteiger partial charge on any atom is -0.500 e. The molecular weight excluding hydrogens is 388 g/mol. The lowest BCUT2D eigenvalue weighted by Crippen LogP contribution is -2.16. The second kappa shape index (κ2) is 9.71. The Morgan fingerprint density at radius 1 is 1.06 bits per heavy atom. The number of allylic oxidation sites excluding steroid dienone is 2. The van der Waals surface area contributed by atoms with Crippen molar-refractivity contribution in [2.75, 3.05) is 20.3 Å². The van der Waals surface area contributed by atoms with E-state index >= 15 is 0 Å². The lowest BCUT2D eigenvalue weighted by Gasteiger charge is -2.21. The maximum absolute atomic E-state index is 11.2. The molecule has 1 heterocycles. The van der Waals surface area contributed by atoms with Gasteiger partial charge in [0.15, 0.2) is 0 Å². The Morgan fingerprint density at radius 3 is 2.39 bits per heavy atom. The molecule has 1 unspecified atom stereocenters. The van der Waals surface area contributed by atoms with Crippen molar-refractivity contribution in [2.45, 2.75) is 45.8 Å². The molecule has 2 aliphatic rings. The lowest BCUT2D eigenvalue weighted by atomic mass is 9.91. The van der Waals surface area contributed by atoms with Crippen molar-refractivity contribution in [3.63, 3.8) is 0 Å². The molecule has 1 atom stereocenters. The first-order chi connectivity index (χ1) is 15.1. The number of hydrogen-bond donors (Lipinski definition) is 1. The second-order valence-corrected chi connectivity index (χ2v) is 8.52. The van der Waals surface area contributed by atoms with Crippen LogP contribution in [0.3, 0.4) is 0 Å². The van der Waals surface area contributed by atoms with Crippen LogP contribution in [0.5, 0.6) is 5.75 Å². The summed E-state index contributed by atoms with van der Waals surface area (Å²) in [5, 5.41) is 11.2. The summed E-state index contributed by atoms with van der Waals surface area (Å²) in [5.74, 6) is 2.16. The first-order valence-electron chi connectivity index (χ1n) is 11.1. The highest BCUT2D eigenvalue weighted by Gasteiger charge is 2.33. The van der Waals surface area contributed by atoms with Crippen molar-refractivity contribution in [3.8, 4) is 5.75 Å². The van der Waals surface area contributed by atoms with E-state index in [9.17, 15) is 5.11 Å². The summed E-state index contributed by atoms with van der Waals surface area (Å²) in [5.41, 5.74) is 6.30. The molecule has 1 fully saturated rings. The molecule has 1 saturated heterocycles. The molecular formula is C27H32O4. The molecule has 0 spiro atoms. The molecule has 4 nitrogen and oxygen atoms in total. The highest BCUT2D eigenvalue weighted by molar-refractivity contribution is 5.81. The number of aliphatic hydroxyl groups excluding tert-OH is 1. The van der Waals surface area contributed by atoms with Gasteiger partial charge in [-0.1, -0.05) is 36.4 Å². The molecule has 0 radical (unpaired) electrons. The van der Waals surface area contributed by atoms with Gasteiger partial charge in [-0.15, -0.1) is 0 Å². The summed E-state index contributed by atoms with van der Waals surface area (Å²) in [6, 6.07) is 14.3. The average Bonchev–Trinajstić information content (AvgIpc) is 3.08. The maximum Gasteiger partial charge on any atom is 0.120 e. The molecule has 0 saturated carbocycles. The Hall–Kier alpha value is -2.56. The summed E-state index contributed by atoms with van der Waals surface area (Å²) in [4.78, 5) is 0. The van der Waals surface area contributed by atoms with Crippen LogP contribution in [0.2, 0.25) is 0 Å². The van der Waals surface area contributed by atoms with Crippen LogP contribution in [0.4, 0.5) is 0 Å². The van der Waals surface area contributed by atoms with Gasteiger partial charge in [-0.05, 0) is 72.6 Å². The summed E-state index contributed by atoms with van der Waals surface area (Å²) >= 11 is 0. The van der Waals surface area contributed by atoms with Crippen LogP contribution in [0.25, 0.3) is 5.57 Å². The van der Waals surface area contributed by atoms with Crippen molar-refractivity contribution in [2.24, 2.45) is 5.92 Å². The van der Waals surface area contributed by atoms with E-state index in [1.165, 1.54) is 0 Å². The molecule has 0 amide bonds. The van der Waals surface area contributed by atoms with Crippen molar-refractivity contribution in [3.05, 3.63) is 82.1 Å². The van der Waals surface area contributed by atoms with Crippen LogP contribution in [0, 0.1) is 19.8 Å². The van der Waals surface area contributed by atoms with Gasteiger partial charge in [0.2, 0.25) is 0 Å². The molecule has 4 rings (SSSR count). The molecule has 1 N–H and O–H groups in total. The fourth-order valence-electron chi connectivity index (χ4n) is 4.68. The zero-order valence-electron chi connectivity index (χ0n) is 18.7. The van der Waals surface area contributed by atoms with Crippen molar-refractivity contribution in [1.29, 1.82) is 0 Å². The highest BCUT2D eigenvalue weighted by atomic mass is 16.5. The summed E-state index contributed by atoms with van der Waals surface area (Å²) in [6.45, 7) is 6.27. The van der Waals surface area contributed by atoms with Crippen LogP contribution in [0.1, 0.15) is 41.5 Å². The number of methoxy groups -OCH3 is 1. The van der Waals surface area contributed by atoms with Gasteiger partial charge in [-0.2, -0.15) is 0 Å². The molecule has 31 heavy (non-hydrogen) atoms. The molecule has 0 aromatic heterocycles. The van der Waals surface area contributed by atoms with Crippen LogP contribution < -0.4 is 4.74 Å². The van der Waals surface area contributed by atoms with Crippen molar-refractivity contribution in [1.82, 2.24) is 0 Å². The smallest absolute Gasteiger partial charge is 0.120 e. The molecule has 1 aliphatic heterocycles. The van der Waals surface area contributed by atoms with Gasteiger partial charge in [0.1, 0.15) is 24.2 Å². The first-order valence-corrected chi connectivity index (χ1v) is 11.1. The third-order valence-electron chi connectivity index (χ3n) is 6.28. The standard InChI is InChI=1S/C27H32O4/c1-18-13-23(31-17-21-7-5-4-6-8-21)14-19(2)25(18)26-24(29-3)16-22(27(26)28)15-20-9-11-30-12-10-20/h4-8,13-15,20,27-28H,9-12,16-17H2,1-3H3/b22-15+. The number of hydrogen-bond acceptors (Lipinski definition) is 4. The Balaban J connectivity index is 1.57. The molecule has 164 valence electrons. The van der Waals surface area contributed by atoms with Crippen molar-refractivity contribution < 1.29 is 19.3 Å². The fourth-order valence-corrected chi connectivity index (χ4v) is 4.68. The fraction of sp³-hybridized carbons (Fsp3) is 0.407. The van der Waals surface area contributed by atoms with E-state index in [0.29, 0.717) is 18.9 Å². The summed E-state index contributed by atoms with van der Waals surface area (Å²) < 4.78 is 17.3. The molecule has 0 bridgehead atoms. The first kappa shape index (κ1) is 21.7. The Bertz CT molecular complexity index is 945. The van der Waals surface area contributed by atoms with E-state index in [1.807, 2.05) is 18.2 Å². The largest absolute Gasteiger partial charge is 0.500 e. The van der Waals surface area contributed by atoms with Gasteiger partial charge in [-0.25, -0.2) is 0 Å². The topological polar surface area (TPSA) is 47.9 Å². The predicted molar refractivity (Wildman–Crippen MR) is 123 cm³/mol. The SMILES string of the molecule is COC1=C(c2c(C)cc(OCc3ccccc3)cc2C)C(O)/C(=C/C2CCOCC2)C1. The monoisotopic (exact) mass is 420 g/mol. The molecule has 1 aliphatic carbocycles. The van der Waals surface area contributed by atoms with Gasteiger partial charge in [0.25, 0.3) is 0 Å². The second-order valence-electron chi connectivity index (χ2n) is 8.52. The van der Waals surface area contributed by atoms with Gasteiger partial charge in [0.05, 0.1) is 7.11 Å². The van der Waals surface area contributed by atoms with E-state index in [2.05, 4.69) is 44.2 Å². The Morgan fingerprint density at radius 2 is 1.74 bits per heavy atom. The van der Waals surface area contributed by atoms with Crippen LogP contribution in [-0.2, 0) is 16.1 Å². The predicted octanol–water partition coefficient (Wildman–Crippen LogP) is 5.36. The molecule has 4 heteroatoms. The Labute approximate surface area is 185 Å². The third kappa shape index (κ3) is 4.86. The Kier molecular flexibility index (Phi) is 6.79. The van der Waals surface area contributed by atoms with Gasteiger partial charge < -0.3 is 19.3 Å². The number of rotatable bonds is 6. The van der Waals surface area contributed by atoms with E-state index < -0.39 is 6.10 Å². The van der Waals surface area contributed by atoms with E-state index in [-0.39, 0.29) is 0 Å². The third-order valence-corrected chi connectivity index (χ3v) is 6.28. The van der Waals surface area contributed by atoms with Gasteiger partial charge >= 0.3 is 0 Å². The molecule has 2 aromatic rings. The zero-order chi connectivity index (χ0) is 21.8. The lowest BCUT2D eigenvalue weighted by molar-refractivity contribution is 0.0780. The summed E-state index contributed by atoms with van der Waals surface area (Å²) in [7, 11) is 1.70. The summed E-state index contributed by atoms with van der Waals surface area (Å²) in [6.07, 6.45) is 4.31. The highest BCUT2D eigenvalue weighted by Crippen LogP contribution is 2.42. The number of benzene rings is 2. The van der Waals surface area contributed by atoms with E-state index in [1.54, 1.807) is 7.11 Å². The van der Waals surface area contributed by atoms with Crippen LogP contribution >= 0.6 is 0 Å². The van der Waals surface area contributed by atoms with Crippen molar-refractivity contribution >= 4 is 5.57 Å². The normalized spacial score (nSPS) is 21.0. The van der Waals surface area contributed by atoms with Gasteiger partial charge in [0, 0.05) is 25.2 Å². The van der Waals surface area contributed by atoms with Crippen LogP contribution in [0.15, 0.2) is 59.9 Å². The number of aryl methyl sites for hydroxylation is 2. The average molecular weight is 421 g/mol. The van der Waals surface area contributed by atoms with Gasteiger partial charge in [-0.3, -0.25) is 0 Å². The van der Waals surface area contributed by atoms with E-state index in [4.69, 9.17) is 14.2 Å². The quantitative estimate of drug-likeness (QED) is 0.640. The van der Waals surface area contributed by atoms with Crippen LogP contribution in [-0.4, -0.2) is 31.5 Å².